The van der Waals surface area contributed by atoms with Gasteiger partial charge in [0, 0.05) is 0 Å². The molecule has 15 heavy (non-hydrogen) atoms. The van der Waals surface area contributed by atoms with Gasteiger partial charge in [0.15, 0.2) is 0 Å². The first-order valence-corrected chi connectivity index (χ1v) is 4.32. The van der Waals surface area contributed by atoms with Crippen LogP contribution in [-0.4, -0.2) is 9.85 Å². The highest BCUT2D eigenvalue weighted by Gasteiger charge is 2.42. The van der Waals surface area contributed by atoms with Crippen molar-refractivity contribution < 1.29 is 9.85 Å². The van der Waals surface area contributed by atoms with Crippen molar-refractivity contribution >= 4 is 0 Å². The van der Waals surface area contributed by atoms with E-state index in [1.807, 2.05) is 0 Å². The van der Waals surface area contributed by atoms with Crippen molar-refractivity contribution in [1.29, 1.82) is 0 Å². The first kappa shape index (κ1) is 11.1. The van der Waals surface area contributed by atoms with Crippen LogP contribution in [0.25, 0.3) is 0 Å². The molecular weight excluding hydrogens is 200 g/mol. The zero-order chi connectivity index (χ0) is 11.4. The summed E-state index contributed by atoms with van der Waals surface area (Å²) in [6.45, 7) is 1.79. The number of nitrogens with zero attached hydrogens (tertiary/aromatic N) is 2. The van der Waals surface area contributed by atoms with Crippen molar-refractivity contribution in [2.45, 2.75) is 13.3 Å². The zero-order valence-corrected chi connectivity index (χ0v) is 8.04. The van der Waals surface area contributed by atoms with Gasteiger partial charge in [0.25, 0.3) is 0 Å². The number of benzene rings is 1. The first-order valence-electron chi connectivity index (χ1n) is 4.32. The molecule has 1 rings (SSSR count). The maximum absolute atomic E-state index is 10.5. The van der Waals surface area contributed by atoms with Crippen LogP contribution in [0.2, 0.25) is 0 Å². The molecule has 0 fully saturated rings. The van der Waals surface area contributed by atoms with E-state index in [2.05, 4.69) is 0 Å². The van der Waals surface area contributed by atoms with Gasteiger partial charge in [-0.2, -0.15) is 0 Å². The molecule has 0 atom stereocenters. The van der Waals surface area contributed by atoms with Gasteiger partial charge < -0.3 is 0 Å². The Morgan fingerprint density at radius 2 is 1.73 bits per heavy atom. The Balaban J connectivity index is 3.22. The molecule has 0 aliphatic carbocycles. The molecule has 0 heterocycles. The molecule has 1 radical (unpaired) electrons. The lowest BCUT2D eigenvalue weighted by atomic mass is 10.0. The SMILES string of the molecule is CCc1ccccc1[C]([N+](=O)[O-])[N+](=O)[O-]. The van der Waals surface area contributed by atoms with Gasteiger partial charge in [0.05, 0.1) is 0 Å². The minimum absolute atomic E-state index is 0.0787. The maximum atomic E-state index is 10.5. The Morgan fingerprint density at radius 3 is 2.20 bits per heavy atom. The molecule has 0 saturated carbocycles. The van der Waals surface area contributed by atoms with Crippen LogP contribution in [0.5, 0.6) is 0 Å². The molecule has 0 spiro atoms. The van der Waals surface area contributed by atoms with Gasteiger partial charge >= 0.3 is 6.17 Å². The van der Waals surface area contributed by atoms with Crippen LogP contribution in [0.3, 0.4) is 0 Å². The van der Waals surface area contributed by atoms with Crippen LogP contribution in [0.4, 0.5) is 0 Å². The van der Waals surface area contributed by atoms with Crippen LogP contribution in [0.15, 0.2) is 24.3 Å². The lowest BCUT2D eigenvalue weighted by molar-refractivity contribution is -0.660. The highest BCUT2D eigenvalue weighted by Crippen LogP contribution is 2.20. The van der Waals surface area contributed by atoms with Crippen molar-refractivity contribution in [1.82, 2.24) is 0 Å². The summed E-state index contributed by atoms with van der Waals surface area (Å²) in [5.41, 5.74) is 0.677. The van der Waals surface area contributed by atoms with Gasteiger partial charge in [0.2, 0.25) is 0 Å². The van der Waals surface area contributed by atoms with Crippen molar-refractivity contribution in [2.24, 2.45) is 0 Å². The summed E-state index contributed by atoms with van der Waals surface area (Å²) < 4.78 is 0. The number of aryl methyl sites for hydroxylation is 1. The summed E-state index contributed by atoms with van der Waals surface area (Å²) in [5.74, 6) is 0. The third-order valence-electron chi connectivity index (χ3n) is 1.99. The average Bonchev–Trinajstić information content (AvgIpc) is 2.17. The Morgan fingerprint density at radius 1 is 1.20 bits per heavy atom. The Bertz CT molecular complexity index is 377. The maximum Gasteiger partial charge on any atom is 0.626 e. The summed E-state index contributed by atoms with van der Waals surface area (Å²) in [5, 5.41) is 21.1. The van der Waals surface area contributed by atoms with Gasteiger partial charge in [0.1, 0.15) is 15.4 Å². The molecule has 0 unspecified atom stereocenters. The lowest BCUT2D eigenvalue weighted by Gasteiger charge is -2.03. The first-order chi connectivity index (χ1) is 7.07. The summed E-state index contributed by atoms with van der Waals surface area (Å²) in [6.07, 6.45) is -0.450. The summed E-state index contributed by atoms with van der Waals surface area (Å²) >= 11 is 0. The molecule has 79 valence electrons. The van der Waals surface area contributed by atoms with E-state index >= 15 is 0 Å². The molecule has 0 aromatic heterocycles. The second-order valence-corrected chi connectivity index (χ2v) is 2.85. The smallest absolute Gasteiger partial charge is 0.258 e. The van der Waals surface area contributed by atoms with Crippen molar-refractivity contribution in [3.05, 3.63) is 61.8 Å². The highest BCUT2D eigenvalue weighted by molar-refractivity contribution is 5.33. The summed E-state index contributed by atoms with van der Waals surface area (Å²) in [4.78, 5) is 19.1. The molecule has 0 aliphatic heterocycles. The standard InChI is InChI=1S/C9H9N2O4/c1-2-7-5-3-4-6-8(7)9(10(12)13)11(14)15/h3-6H,2H2,1H3. The van der Waals surface area contributed by atoms with E-state index in [9.17, 15) is 20.2 Å². The quantitative estimate of drug-likeness (QED) is 0.557. The van der Waals surface area contributed by atoms with E-state index < -0.39 is 16.0 Å². The van der Waals surface area contributed by atoms with Crippen LogP contribution >= 0.6 is 0 Å². The molecular formula is C9H9N2O4. The van der Waals surface area contributed by atoms with Gasteiger partial charge in [-0.05, 0) is 18.1 Å². The molecule has 0 saturated heterocycles. The number of nitro groups is 2. The monoisotopic (exact) mass is 209 g/mol. The molecule has 0 amide bonds. The summed E-state index contributed by atoms with van der Waals surface area (Å²) in [7, 11) is 0. The molecule has 0 bridgehead atoms. The molecule has 0 aliphatic rings. The molecule has 6 nitrogen and oxygen atoms in total. The van der Waals surface area contributed by atoms with E-state index in [0.29, 0.717) is 12.0 Å². The Hall–Kier alpha value is -1.98. The number of hydrogen-bond donors (Lipinski definition) is 0. The molecule has 6 heteroatoms. The minimum atomic E-state index is -0.965. The van der Waals surface area contributed by atoms with E-state index in [4.69, 9.17) is 0 Å². The van der Waals surface area contributed by atoms with Gasteiger partial charge in [-0.25, -0.2) is 0 Å². The van der Waals surface area contributed by atoms with E-state index in [1.54, 1.807) is 25.1 Å². The van der Waals surface area contributed by atoms with E-state index in [0.717, 1.165) is 0 Å². The van der Waals surface area contributed by atoms with Crippen LogP contribution in [0.1, 0.15) is 18.1 Å². The normalized spacial score (nSPS) is 10.3. The highest BCUT2D eigenvalue weighted by atomic mass is 16.7. The fourth-order valence-corrected chi connectivity index (χ4v) is 1.31. The number of hydrogen-bond acceptors (Lipinski definition) is 4. The zero-order valence-electron chi connectivity index (χ0n) is 8.04. The Labute approximate surface area is 85.8 Å². The van der Waals surface area contributed by atoms with Gasteiger partial charge in [-0.15, -0.1) is 0 Å². The van der Waals surface area contributed by atoms with Crippen LogP contribution in [-0.2, 0) is 6.42 Å². The van der Waals surface area contributed by atoms with Gasteiger partial charge in [-0.3, -0.25) is 20.2 Å². The predicted molar refractivity (Wildman–Crippen MR) is 52.2 cm³/mol. The predicted octanol–water partition coefficient (Wildman–Crippen LogP) is 1.64. The Kier molecular flexibility index (Phi) is 3.33. The fraction of sp³-hybridized carbons (Fsp3) is 0.222. The molecule has 1 aromatic rings. The largest absolute Gasteiger partial charge is 0.626 e. The van der Waals surface area contributed by atoms with E-state index in [-0.39, 0.29) is 5.56 Å². The second-order valence-electron chi connectivity index (χ2n) is 2.85. The third-order valence-corrected chi connectivity index (χ3v) is 1.99. The average molecular weight is 209 g/mol. The topological polar surface area (TPSA) is 86.3 Å². The van der Waals surface area contributed by atoms with Crippen molar-refractivity contribution in [2.75, 3.05) is 0 Å². The summed E-state index contributed by atoms with van der Waals surface area (Å²) in [6, 6.07) is 6.27. The van der Waals surface area contributed by atoms with Crippen molar-refractivity contribution in [3.8, 4) is 0 Å². The lowest BCUT2D eigenvalue weighted by Crippen LogP contribution is -2.22. The fourth-order valence-electron chi connectivity index (χ4n) is 1.31. The van der Waals surface area contributed by atoms with E-state index in [1.165, 1.54) is 6.07 Å². The van der Waals surface area contributed by atoms with Gasteiger partial charge in [-0.1, -0.05) is 25.1 Å². The van der Waals surface area contributed by atoms with Crippen molar-refractivity contribution in [3.63, 3.8) is 0 Å². The molecule has 1 aromatic carbocycles. The molecule has 0 N–H and O–H groups in total. The third kappa shape index (κ3) is 2.28. The van der Waals surface area contributed by atoms with Crippen LogP contribution < -0.4 is 0 Å². The van der Waals surface area contributed by atoms with Crippen LogP contribution in [0, 0.1) is 26.4 Å². The second kappa shape index (κ2) is 4.50. The minimum Gasteiger partial charge on any atom is -0.258 e. The number of rotatable bonds is 4.